The van der Waals surface area contributed by atoms with E-state index in [2.05, 4.69) is 6.92 Å². The van der Waals surface area contributed by atoms with E-state index in [-0.39, 0.29) is 17.8 Å². The van der Waals surface area contributed by atoms with Crippen LogP contribution in [0.2, 0.25) is 0 Å². The van der Waals surface area contributed by atoms with Crippen LogP contribution in [-0.4, -0.2) is 23.2 Å². The predicted molar refractivity (Wildman–Crippen MR) is 77.3 cm³/mol. The molecule has 0 radical (unpaired) electrons. The van der Waals surface area contributed by atoms with E-state index in [0.29, 0.717) is 6.42 Å². The quantitative estimate of drug-likeness (QED) is 0.829. The molecular formula is C16H23NO3. The van der Waals surface area contributed by atoms with Gasteiger partial charge in [0.1, 0.15) is 17.9 Å². The van der Waals surface area contributed by atoms with Gasteiger partial charge in [0.2, 0.25) is 0 Å². The molecule has 0 saturated heterocycles. The number of hydrogen-bond acceptors (Lipinski definition) is 4. The third-order valence-corrected chi connectivity index (χ3v) is 3.94. The minimum absolute atomic E-state index is 0.0320. The molecule has 0 amide bonds. The highest BCUT2D eigenvalue weighted by Crippen LogP contribution is 2.25. The molecule has 1 aromatic rings. The number of ether oxygens (including phenoxy) is 1. The Morgan fingerprint density at radius 3 is 2.50 bits per heavy atom. The normalized spacial score (nSPS) is 24.1. The highest BCUT2D eigenvalue weighted by Gasteiger charge is 2.24. The standard InChI is InChI=1S/C16H23NO3/c1-11-2-8-14(9-3-11)20-16(19)15(17)10-12-4-6-13(18)7-5-12/h4-7,11,14-15,18H,2-3,8-10,17H2,1H3/t11?,14?,15-/m0/s1. The van der Waals surface area contributed by atoms with Crippen LogP contribution in [0.4, 0.5) is 0 Å². The lowest BCUT2D eigenvalue weighted by molar-refractivity contribution is -0.152. The molecule has 3 N–H and O–H groups in total. The topological polar surface area (TPSA) is 72.5 Å². The van der Waals surface area contributed by atoms with E-state index in [1.54, 1.807) is 24.3 Å². The fourth-order valence-corrected chi connectivity index (χ4v) is 2.57. The summed E-state index contributed by atoms with van der Waals surface area (Å²) in [6, 6.07) is 6.08. The van der Waals surface area contributed by atoms with E-state index < -0.39 is 6.04 Å². The van der Waals surface area contributed by atoms with Gasteiger partial charge in [0, 0.05) is 0 Å². The number of aromatic hydroxyl groups is 1. The zero-order chi connectivity index (χ0) is 14.5. The van der Waals surface area contributed by atoms with Gasteiger partial charge in [-0.1, -0.05) is 19.1 Å². The minimum atomic E-state index is -0.640. The lowest BCUT2D eigenvalue weighted by Crippen LogP contribution is -2.37. The van der Waals surface area contributed by atoms with Crippen LogP contribution in [0.3, 0.4) is 0 Å². The molecule has 0 bridgehead atoms. The summed E-state index contributed by atoms with van der Waals surface area (Å²) >= 11 is 0. The molecule has 0 spiro atoms. The van der Waals surface area contributed by atoms with Crippen molar-refractivity contribution in [2.45, 2.75) is 51.2 Å². The molecule has 110 valence electrons. The van der Waals surface area contributed by atoms with Crippen molar-refractivity contribution in [2.24, 2.45) is 11.7 Å². The maximum absolute atomic E-state index is 12.0. The fourth-order valence-electron chi connectivity index (χ4n) is 2.57. The van der Waals surface area contributed by atoms with Gasteiger partial charge in [-0.3, -0.25) is 4.79 Å². The molecule has 4 nitrogen and oxygen atoms in total. The van der Waals surface area contributed by atoms with Crippen molar-refractivity contribution in [3.63, 3.8) is 0 Å². The zero-order valence-corrected chi connectivity index (χ0v) is 11.9. The van der Waals surface area contributed by atoms with Gasteiger partial charge in [-0.2, -0.15) is 0 Å². The van der Waals surface area contributed by atoms with E-state index in [9.17, 15) is 9.90 Å². The molecule has 2 rings (SSSR count). The lowest BCUT2D eigenvalue weighted by Gasteiger charge is -2.27. The highest BCUT2D eigenvalue weighted by molar-refractivity contribution is 5.76. The van der Waals surface area contributed by atoms with Crippen LogP contribution in [0.5, 0.6) is 5.75 Å². The first kappa shape index (κ1) is 14.9. The fraction of sp³-hybridized carbons (Fsp3) is 0.562. The van der Waals surface area contributed by atoms with Crippen molar-refractivity contribution in [2.75, 3.05) is 0 Å². The summed E-state index contributed by atoms with van der Waals surface area (Å²) < 4.78 is 5.48. The van der Waals surface area contributed by atoms with E-state index >= 15 is 0 Å². The van der Waals surface area contributed by atoms with Gasteiger partial charge in [-0.15, -0.1) is 0 Å². The third-order valence-electron chi connectivity index (χ3n) is 3.94. The van der Waals surface area contributed by atoms with E-state index in [1.165, 1.54) is 0 Å². The van der Waals surface area contributed by atoms with Gasteiger partial charge in [0.05, 0.1) is 0 Å². The first-order valence-corrected chi connectivity index (χ1v) is 7.28. The summed E-state index contributed by atoms with van der Waals surface area (Å²) in [5, 5.41) is 9.21. The molecule has 1 fully saturated rings. The number of esters is 1. The molecule has 1 aromatic carbocycles. The number of rotatable bonds is 4. The molecule has 0 unspecified atom stereocenters. The molecule has 1 aliphatic rings. The smallest absolute Gasteiger partial charge is 0.323 e. The van der Waals surface area contributed by atoms with Crippen LogP contribution in [-0.2, 0) is 16.0 Å². The summed E-state index contributed by atoms with van der Waals surface area (Å²) in [7, 11) is 0. The lowest BCUT2D eigenvalue weighted by atomic mass is 9.89. The summed E-state index contributed by atoms with van der Waals surface area (Å²) in [4.78, 5) is 12.0. The second-order valence-corrected chi connectivity index (χ2v) is 5.80. The molecule has 1 atom stereocenters. The van der Waals surface area contributed by atoms with Crippen molar-refractivity contribution in [3.05, 3.63) is 29.8 Å². The first-order valence-electron chi connectivity index (χ1n) is 7.28. The summed E-state index contributed by atoms with van der Waals surface area (Å²) in [5.41, 5.74) is 6.82. The number of nitrogens with two attached hydrogens (primary N) is 1. The largest absolute Gasteiger partial charge is 0.508 e. The van der Waals surface area contributed by atoms with E-state index in [1.807, 2.05) is 0 Å². The Morgan fingerprint density at radius 1 is 1.30 bits per heavy atom. The Bertz CT molecular complexity index is 436. The van der Waals surface area contributed by atoms with Gasteiger partial charge in [0.15, 0.2) is 0 Å². The molecule has 0 heterocycles. The monoisotopic (exact) mass is 277 g/mol. The van der Waals surface area contributed by atoms with Gasteiger partial charge < -0.3 is 15.6 Å². The second-order valence-electron chi connectivity index (χ2n) is 5.80. The Balaban J connectivity index is 1.81. The number of benzene rings is 1. The molecule has 0 aromatic heterocycles. The van der Waals surface area contributed by atoms with Gasteiger partial charge >= 0.3 is 5.97 Å². The Labute approximate surface area is 119 Å². The van der Waals surface area contributed by atoms with Crippen LogP contribution < -0.4 is 5.73 Å². The Hall–Kier alpha value is -1.55. The maximum atomic E-state index is 12.0. The van der Waals surface area contributed by atoms with Crippen LogP contribution in [0.25, 0.3) is 0 Å². The van der Waals surface area contributed by atoms with Crippen LogP contribution in [0.15, 0.2) is 24.3 Å². The van der Waals surface area contributed by atoms with Crippen molar-refractivity contribution >= 4 is 5.97 Å². The second kappa shape index (κ2) is 6.75. The molecule has 1 aliphatic carbocycles. The zero-order valence-electron chi connectivity index (χ0n) is 11.9. The Morgan fingerprint density at radius 2 is 1.90 bits per heavy atom. The average molecular weight is 277 g/mol. The number of phenolic OH excluding ortho intramolecular Hbond substituents is 1. The van der Waals surface area contributed by atoms with Crippen LogP contribution in [0.1, 0.15) is 38.2 Å². The average Bonchev–Trinajstić information content (AvgIpc) is 2.44. The summed E-state index contributed by atoms with van der Waals surface area (Å²) in [6.45, 7) is 2.23. The molecular weight excluding hydrogens is 254 g/mol. The molecule has 4 heteroatoms. The highest BCUT2D eigenvalue weighted by atomic mass is 16.5. The van der Waals surface area contributed by atoms with Crippen molar-refractivity contribution in [1.29, 1.82) is 0 Å². The number of carbonyl (C=O) groups is 1. The van der Waals surface area contributed by atoms with Gasteiger partial charge in [-0.05, 0) is 55.7 Å². The van der Waals surface area contributed by atoms with Crippen molar-refractivity contribution in [1.82, 2.24) is 0 Å². The minimum Gasteiger partial charge on any atom is -0.508 e. The SMILES string of the molecule is CC1CCC(OC(=O)[C@@H](N)Cc2ccc(O)cc2)CC1. The summed E-state index contributed by atoms with van der Waals surface area (Å²) in [5.74, 6) is 0.620. The van der Waals surface area contributed by atoms with Gasteiger partial charge in [0.25, 0.3) is 0 Å². The molecule has 1 saturated carbocycles. The molecule has 20 heavy (non-hydrogen) atoms. The maximum Gasteiger partial charge on any atom is 0.323 e. The number of carbonyl (C=O) groups excluding carboxylic acids is 1. The Kier molecular flexibility index (Phi) is 5.01. The van der Waals surface area contributed by atoms with Crippen molar-refractivity contribution < 1.29 is 14.6 Å². The summed E-state index contributed by atoms with van der Waals surface area (Å²) in [6.07, 6.45) is 4.58. The van der Waals surface area contributed by atoms with Crippen molar-refractivity contribution in [3.8, 4) is 5.75 Å². The number of phenols is 1. The van der Waals surface area contributed by atoms with Crippen LogP contribution >= 0.6 is 0 Å². The van der Waals surface area contributed by atoms with Crippen LogP contribution in [0, 0.1) is 5.92 Å². The number of hydrogen-bond donors (Lipinski definition) is 2. The van der Waals surface area contributed by atoms with E-state index in [4.69, 9.17) is 10.5 Å². The predicted octanol–water partition coefficient (Wildman–Crippen LogP) is 2.38. The molecule has 0 aliphatic heterocycles. The van der Waals surface area contributed by atoms with Gasteiger partial charge in [-0.25, -0.2) is 0 Å². The first-order chi connectivity index (χ1) is 9.54. The third kappa shape index (κ3) is 4.23. The van der Waals surface area contributed by atoms with E-state index in [0.717, 1.165) is 37.2 Å².